The molecule has 5 heteroatoms. The van der Waals surface area contributed by atoms with Gasteiger partial charge in [-0.15, -0.1) is 0 Å². The van der Waals surface area contributed by atoms with E-state index in [4.69, 9.17) is 4.74 Å². The molecule has 0 unspecified atom stereocenters. The fraction of sp³-hybridized carbons (Fsp3) is 0.455. The molecule has 2 aromatic rings. The number of hydrogen-bond acceptors (Lipinski definition) is 5. The van der Waals surface area contributed by atoms with Gasteiger partial charge in [0, 0.05) is 24.0 Å². The zero-order valence-corrected chi connectivity index (χ0v) is 16.6. The Kier molecular flexibility index (Phi) is 6.69. The summed E-state index contributed by atoms with van der Waals surface area (Å²) >= 11 is 0. The molecule has 144 valence electrons. The second-order valence-electron chi connectivity index (χ2n) is 7.32. The smallest absolute Gasteiger partial charge is 0.229 e. The standard InChI is InChI=1S/C22H30N4O/c1-16(2)27-20-11-9-19(10-12-20)25-22-24-17(3)15-21(26-22)23-14-13-18-7-5-4-6-8-18/h7,9-12,15-16H,4-6,8,13-14H2,1-3H3,(H2,23,24,25,26). The maximum absolute atomic E-state index is 5.68. The van der Waals surface area contributed by atoms with Crippen molar-refractivity contribution in [1.29, 1.82) is 0 Å². The largest absolute Gasteiger partial charge is 0.491 e. The van der Waals surface area contributed by atoms with Crippen LogP contribution in [-0.4, -0.2) is 22.6 Å². The maximum Gasteiger partial charge on any atom is 0.229 e. The zero-order chi connectivity index (χ0) is 19.1. The normalized spacial score (nSPS) is 14.0. The van der Waals surface area contributed by atoms with Crippen molar-refractivity contribution in [3.8, 4) is 5.75 Å². The maximum atomic E-state index is 5.68. The van der Waals surface area contributed by atoms with E-state index < -0.39 is 0 Å². The van der Waals surface area contributed by atoms with Crippen LogP contribution in [0, 0.1) is 6.92 Å². The summed E-state index contributed by atoms with van der Waals surface area (Å²) < 4.78 is 5.68. The number of aryl methyl sites for hydroxylation is 1. The molecule has 0 bridgehead atoms. The van der Waals surface area contributed by atoms with Crippen LogP contribution in [0.15, 0.2) is 42.0 Å². The topological polar surface area (TPSA) is 59.1 Å². The molecule has 1 aromatic carbocycles. The van der Waals surface area contributed by atoms with Crippen LogP contribution in [0.3, 0.4) is 0 Å². The molecule has 5 nitrogen and oxygen atoms in total. The Morgan fingerprint density at radius 2 is 1.93 bits per heavy atom. The Hall–Kier alpha value is -2.56. The van der Waals surface area contributed by atoms with Crippen LogP contribution in [-0.2, 0) is 0 Å². The van der Waals surface area contributed by atoms with E-state index in [2.05, 4.69) is 26.7 Å². The van der Waals surface area contributed by atoms with E-state index >= 15 is 0 Å². The predicted molar refractivity (Wildman–Crippen MR) is 112 cm³/mol. The molecule has 27 heavy (non-hydrogen) atoms. The van der Waals surface area contributed by atoms with E-state index in [1.807, 2.05) is 51.1 Å². The second kappa shape index (κ2) is 9.40. The minimum absolute atomic E-state index is 0.168. The lowest BCUT2D eigenvalue weighted by Crippen LogP contribution is -2.08. The molecular weight excluding hydrogens is 336 g/mol. The number of nitrogens with one attached hydrogen (secondary N) is 2. The van der Waals surface area contributed by atoms with Crippen LogP contribution >= 0.6 is 0 Å². The number of anilines is 3. The zero-order valence-electron chi connectivity index (χ0n) is 16.6. The molecule has 0 saturated heterocycles. The molecule has 3 rings (SSSR count). The van der Waals surface area contributed by atoms with Crippen molar-refractivity contribution in [1.82, 2.24) is 9.97 Å². The summed E-state index contributed by atoms with van der Waals surface area (Å²) in [6, 6.07) is 9.85. The van der Waals surface area contributed by atoms with Crippen molar-refractivity contribution >= 4 is 17.5 Å². The fourth-order valence-electron chi connectivity index (χ4n) is 3.22. The summed E-state index contributed by atoms with van der Waals surface area (Å²) in [6.07, 6.45) is 8.79. The number of benzene rings is 1. The third kappa shape index (κ3) is 6.27. The Morgan fingerprint density at radius 1 is 1.11 bits per heavy atom. The summed E-state index contributed by atoms with van der Waals surface area (Å²) in [7, 11) is 0. The summed E-state index contributed by atoms with van der Waals surface area (Å²) in [4.78, 5) is 9.09. The number of nitrogens with zero attached hydrogens (tertiary/aromatic N) is 2. The second-order valence-corrected chi connectivity index (χ2v) is 7.32. The molecule has 0 saturated carbocycles. The minimum Gasteiger partial charge on any atom is -0.491 e. The number of rotatable bonds is 8. The van der Waals surface area contributed by atoms with Crippen LogP contribution in [0.4, 0.5) is 17.5 Å². The summed E-state index contributed by atoms with van der Waals surface area (Å²) in [6.45, 7) is 6.93. The van der Waals surface area contributed by atoms with E-state index in [1.165, 1.54) is 25.7 Å². The van der Waals surface area contributed by atoms with Gasteiger partial charge in [0.25, 0.3) is 0 Å². The minimum atomic E-state index is 0.168. The Labute approximate surface area is 162 Å². The van der Waals surface area contributed by atoms with Crippen LogP contribution in [0.25, 0.3) is 0 Å². The van der Waals surface area contributed by atoms with Crippen molar-refractivity contribution in [2.24, 2.45) is 0 Å². The number of hydrogen-bond donors (Lipinski definition) is 2. The van der Waals surface area contributed by atoms with E-state index in [-0.39, 0.29) is 6.10 Å². The molecule has 0 radical (unpaired) electrons. The first-order chi connectivity index (χ1) is 13.1. The first-order valence-electron chi connectivity index (χ1n) is 9.90. The average Bonchev–Trinajstić information content (AvgIpc) is 2.63. The van der Waals surface area contributed by atoms with Crippen LogP contribution < -0.4 is 15.4 Å². The number of ether oxygens (including phenoxy) is 1. The molecule has 1 aromatic heterocycles. The van der Waals surface area contributed by atoms with Crippen LogP contribution in [0.5, 0.6) is 5.75 Å². The van der Waals surface area contributed by atoms with Gasteiger partial charge in [-0.05, 0) is 77.1 Å². The fourth-order valence-corrected chi connectivity index (χ4v) is 3.22. The SMILES string of the molecule is Cc1cc(NCCC2=CCCCC2)nc(Nc2ccc(OC(C)C)cc2)n1. The number of allylic oxidation sites excluding steroid dienone is 1. The first-order valence-corrected chi connectivity index (χ1v) is 9.90. The van der Waals surface area contributed by atoms with Crippen LogP contribution in [0.1, 0.15) is 51.6 Å². The van der Waals surface area contributed by atoms with Gasteiger partial charge in [-0.25, -0.2) is 4.98 Å². The van der Waals surface area contributed by atoms with Gasteiger partial charge in [-0.2, -0.15) is 4.98 Å². The molecular formula is C22H30N4O. The molecule has 0 fully saturated rings. The van der Waals surface area contributed by atoms with E-state index in [0.717, 1.165) is 35.9 Å². The molecule has 1 aliphatic carbocycles. The highest BCUT2D eigenvalue weighted by molar-refractivity contribution is 5.56. The molecule has 2 N–H and O–H groups in total. The number of aromatic nitrogens is 2. The first kappa shape index (κ1) is 19.2. The van der Waals surface area contributed by atoms with Gasteiger partial charge in [0.15, 0.2) is 0 Å². The average molecular weight is 367 g/mol. The highest BCUT2D eigenvalue weighted by atomic mass is 16.5. The lowest BCUT2D eigenvalue weighted by Gasteiger charge is -2.14. The van der Waals surface area contributed by atoms with Crippen LogP contribution in [0.2, 0.25) is 0 Å². The van der Waals surface area contributed by atoms with E-state index in [1.54, 1.807) is 5.57 Å². The summed E-state index contributed by atoms with van der Waals surface area (Å²) in [5.41, 5.74) is 3.45. The van der Waals surface area contributed by atoms with Gasteiger partial charge < -0.3 is 15.4 Å². The van der Waals surface area contributed by atoms with E-state index in [0.29, 0.717) is 5.95 Å². The van der Waals surface area contributed by atoms with Crippen molar-refractivity contribution in [2.75, 3.05) is 17.2 Å². The summed E-state index contributed by atoms with van der Waals surface area (Å²) in [5, 5.41) is 6.71. The molecule has 1 heterocycles. The monoisotopic (exact) mass is 366 g/mol. The van der Waals surface area contributed by atoms with Crippen molar-refractivity contribution in [3.63, 3.8) is 0 Å². The quantitative estimate of drug-likeness (QED) is 0.594. The third-order valence-electron chi connectivity index (χ3n) is 4.47. The van der Waals surface area contributed by atoms with Gasteiger partial charge in [0.05, 0.1) is 6.10 Å². The Balaban J connectivity index is 1.58. The van der Waals surface area contributed by atoms with Gasteiger partial charge in [-0.3, -0.25) is 0 Å². The Morgan fingerprint density at radius 3 is 2.63 bits per heavy atom. The molecule has 0 aliphatic heterocycles. The molecule has 1 aliphatic rings. The van der Waals surface area contributed by atoms with Crippen molar-refractivity contribution in [3.05, 3.63) is 47.7 Å². The third-order valence-corrected chi connectivity index (χ3v) is 4.47. The highest BCUT2D eigenvalue weighted by Crippen LogP contribution is 2.22. The highest BCUT2D eigenvalue weighted by Gasteiger charge is 2.06. The summed E-state index contributed by atoms with van der Waals surface area (Å²) in [5.74, 6) is 2.33. The van der Waals surface area contributed by atoms with Gasteiger partial charge in [0.1, 0.15) is 11.6 Å². The van der Waals surface area contributed by atoms with Gasteiger partial charge in [-0.1, -0.05) is 11.6 Å². The van der Waals surface area contributed by atoms with Gasteiger partial charge in [0.2, 0.25) is 5.95 Å². The van der Waals surface area contributed by atoms with Crippen molar-refractivity contribution in [2.45, 2.75) is 59.0 Å². The van der Waals surface area contributed by atoms with Gasteiger partial charge >= 0.3 is 0 Å². The lowest BCUT2D eigenvalue weighted by atomic mass is 9.97. The molecule has 0 amide bonds. The lowest BCUT2D eigenvalue weighted by molar-refractivity contribution is 0.242. The van der Waals surface area contributed by atoms with E-state index in [9.17, 15) is 0 Å². The molecule has 0 spiro atoms. The Bertz CT molecular complexity index is 768. The molecule has 0 atom stereocenters. The predicted octanol–water partition coefficient (Wildman–Crippen LogP) is 5.62. The van der Waals surface area contributed by atoms with Crippen molar-refractivity contribution < 1.29 is 4.74 Å².